The maximum Gasteiger partial charge on any atom is 0.151 e. The van der Waals surface area contributed by atoms with Gasteiger partial charge in [-0.15, -0.1) is 0 Å². The molecule has 0 aliphatic heterocycles. The molecule has 6 heteroatoms. The van der Waals surface area contributed by atoms with Crippen molar-refractivity contribution in [1.29, 1.82) is 5.41 Å². The Hall–Kier alpha value is -1.88. The predicted molar refractivity (Wildman–Crippen MR) is 76.1 cm³/mol. The number of halogens is 1. The number of aromatic nitrogens is 3. The van der Waals surface area contributed by atoms with E-state index in [4.69, 9.17) is 22.7 Å². The molecule has 0 atom stereocenters. The number of nitrogens with zero attached hydrogens (tertiary/aromatic N) is 3. The van der Waals surface area contributed by atoms with Crippen LogP contribution in [0.15, 0.2) is 18.2 Å². The van der Waals surface area contributed by atoms with Gasteiger partial charge in [0.25, 0.3) is 0 Å². The zero-order valence-corrected chi connectivity index (χ0v) is 11.7. The summed E-state index contributed by atoms with van der Waals surface area (Å²) < 4.78 is 1.76. The van der Waals surface area contributed by atoms with Crippen molar-refractivity contribution in [3.8, 4) is 5.69 Å². The van der Waals surface area contributed by atoms with E-state index in [1.165, 1.54) is 0 Å². The normalized spacial score (nSPS) is 10.7. The monoisotopic (exact) mass is 277 g/mol. The molecule has 0 unspecified atom stereocenters. The van der Waals surface area contributed by atoms with Gasteiger partial charge in [0.2, 0.25) is 0 Å². The van der Waals surface area contributed by atoms with E-state index in [1.54, 1.807) is 16.8 Å². The molecule has 19 heavy (non-hydrogen) atoms. The minimum Gasteiger partial charge on any atom is -0.384 e. The third kappa shape index (κ3) is 2.61. The number of nitrogens with one attached hydrogen (secondary N) is 1. The molecular formula is C13H16ClN5. The van der Waals surface area contributed by atoms with Gasteiger partial charge in [0.1, 0.15) is 11.7 Å². The summed E-state index contributed by atoms with van der Waals surface area (Å²) in [5.41, 5.74) is 6.80. The first kappa shape index (κ1) is 13.5. The van der Waals surface area contributed by atoms with Crippen LogP contribution in [0.2, 0.25) is 5.02 Å². The van der Waals surface area contributed by atoms with Gasteiger partial charge in [-0.05, 0) is 18.2 Å². The van der Waals surface area contributed by atoms with Gasteiger partial charge >= 0.3 is 0 Å². The van der Waals surface area contributed by atoms with Crippen LogP contribution in [-0.2, 0) is 12.8 Å². The Morgan fingerprint density at radius 2 is 2.11 bits per heavy atom. The van der Waals surface area contributed by atoms with E-state index in [0.29, 0.717) is 10.6 Å². The van der Waals surface area contributed by atoms with Gasteiger partial charge in [-0.1, -0.05) is 25.4 Å². The van der Waals surface area contributed by atoms with E-state index in [0.717, 1.165) is 30.2 Å². The lowest BCUT2D eigenvalue weighted by atomic mass is 10.2. The summed E-state index contributed by atoms with van der Waals surface area (Å²) in [5.74, 6) is 1.66. The molecule has 0 fully saturated rings. The summed E-state index contributed by atoms with van der Waals surface area (Å²) in [6.45, 7) is 4.04. The summed E-state index contributed by atoms with van der Waals surface area (Å²) >= 11 is 6.25. The fourth-order valence-electron chi connectivity index (χ4n) is 1.81. The lowest BCUT2D eigenvalue weighted by Gasteiger charge is -2.08. The molecule has 3 N–H and O–H groups in total. The minimum absolute atomic E-state index is 0.00278. The third-order valence-corrected chi connectivity index (χ3v) is 3.14. The topological polar surface area (TPSA) is 80.6 Å². The minimum atomic E-state index is -0.00278. The Bertz CT molecular complexity index is 617. The molecule has 0 spiro atoms. The third-order valence-electron chi connectivity index (χ3n) is 2.84. The highest BCUT2D eigenvalue weighted by Gasteiger charge is 2.12. The summed E-state index contributed by atoms with van der Waals surface area (Å²) in [6.07, 6.45) is 1.56. The summed E-state index contributed by atoms with van der Waals surface area (Å²) in [6, 6.07) is 5.24. The van der Waals surface area contributed by atoms with Gasteiger partial charge in [0.15, 0.2) is 5.82 Å². The molecule has 0 saturated heterocycles. The van der Waals surface area contributed by atoms with E-state index < -0.39 is 0 Å². The number of amidine groups is 1. The lowest BCUT2D eigenvalue weighted by molar-refractivity contribution is 0.791. The van der Waals surface area contributed by atoms with Crippen LogP contribution >= 0.6 is 11.6 Å². The summed E-state index contributed by atoms with van der Waals surface area (Å²) in [7, 11) is 0. The van der Waals surface area contributed by atoms with E-state index >= 15 is 0 Å². The van der Waals surface area contributed by atoms with Gasteiger partial charge in [-0.25, -0.2) is 9.67 Å². The first-order valence-corrected chi connectivity index (χ1v) is 6.53. The second-order valence-corrected chi connectivity index (χ2v) is 4.55. The number of nitrogen functional groups attached to an aromatic ring is 1. The lowest BCUT2D eigenvalue weighted by Crippen LogP contribution is -2.11. The summed E-state index contributed by atoms with van der Waals surface area (Å²) in [5, 5.41) is 12.4. The van der Waals surface area contributed by atoms with Crippen LogP contribution in [0.25, 0.3) is 5.69 Å². The van der Waals surface area contributed by atoms with E-state index in [-0.39, 0.29) is 5.84 Å². The second kappa shape index (κ2) is 5.40. The molecule has 1 aromatic carbocycles. The molecule has 5 nitrogen and oxygen atoms in total. The van der Waals surface area contributed by atoms with E-state index in [9.17, 15) is 0 Å². The fraction of sp³-hybridized carbons (Fsp3) is 0.308. The van der Waals surface area contributed by atoms with Crippen LogP contribution in [0, 0.1) is 5.41 Å². The smallest absolute Gasteiger partial charge is 0.151 e. The highest BCUT2D eigenvalue weighted by molar-refractivity contribution is 6.32. The molecule has 1 heterocycles. The SMILES string of the molecule is CCc1nc(CC)n(-c2ccc(C(=N)N)cc2Cl)n1. The Morgan fingerprint density at radius 1 is 1.37 bits per heavy atom. The Labute approximate surface area is 116 Å². The van der Waals surface area contributed by atoms with Crippen molar-refractivity contribution >= 4 is 17.4 Å². The quantitative estimate of drug-likeness (QED) is 0.665. The van der Waals surface area contributed by atoms with Crippen molar-refractivity contribution in [2.24, 2.45) is 5.73 Å². The average molecular weight is 278 g/mol. The van der Waals surface area contributed by atoms with Gasteiger partial charge < -0.3 is 5.73 Å². The zero-order valence-electron chi connectivity index (χ0n) is 10.9. The van der Waals surface area contributed by atoms with Crippen molar-refractivity contribution in [2.75, 3.05) is 0 Å². The van der Waals surface area contributed by atoms with Crippen molar-refractivity contribution in [2.45, 2.75) is 26.7 Å². The maximum absolute atomic E-state index is 7.40. The van der Waals surface area contributed by atoms with Gasteiger partial charge in [-0.2, -0.15) is 5.10 Å². The number of benzene rings is 1. The molecule has 1 aromatic heterocycles. The van der Waals surface area contributed by atoms with Gasteiger partial charge in [-0.3, -0.25) is 5.41 Å². The molecule has 0 bridgehead atoms. The predicted octanol–water partition coefficient (Wildman–Crippen LogP) is 2.33. The number of rotatable bonds is 4. The van der Waals surface area contributed by atoms with E-state index in [2.05, 4.69) is 10.1 Å². The zero-order chi connectivity index (χ0) is 14.0. The molecular weight excluding hydrogens is 262 g/mol. The highest BCUT2D eigenvalue weighted by atomic mass is 35.5. The number of nitrogens with two attached hydrogens (primary N) is 1. The van der Waals surface area contributed by atoms with Crippen LogP contribution in [-0.4, -0.2) is 20.6 Å². The maximum atomic E-state index is 7.40. The number of hydrogen-bond acceptors (Lipinski definition) is 3. The van der Waals surface area contributed by atoms with E-state index in [1.807, 2.05) is 19.9 Å². The molecule has 0 saturated carbocycles. The average Bonchev–Trinajstić information content (AvgIpc) is 2.81. The summed E-state index contributed by atoms with van der Waals surface area (Å²) in [4.78, 5) is 4.45. The largest absolute Gasteiger partial charge is 0.384 e. The number of hydrogen-bond donors (Lipinski definition) is 2. The highest BCUT2D eigenvalue weighted by Crippen LogP contribution is 2.22. The fourth-order valence-corrected chi connectivity index (χ4v) is 2.07. The molecule has 0 aliphatic rings. The molecule has 2 rings (SSSR count). The van der Waals surface area contributed by atoms with Crippen molar-refractivity contribution in [3.05, 3.63) is 40.4 Å². The van der Waals surface area contributed by atoms with Crippen LogP contribution in [0.1, 0.15) is 31.1 Å². The van der Waals surface area contributed by atoms with Crippen LogP contribution in [0.5, 0.6) is 0 Å². The van der Waals surface area contributed by atoms with Crippen molar-refractivity contribution < 1.29 is 0 Å². The van der Waals surface area contributed by atoms with Gasteiger partial charge in [0, 0.05) is 18.4 Å². The molecule has 0 aliphatic carbocycles. The molecule has 0 amide bonds. The standard InChI is InChI=1S/C13H16ClN5/c1-3-11-17-12(4-2)19(18-11)10-6-5-8(13(15)16)7-9(10)14/h5-7H,3-4H2,1-2H3,(H3,15,16). The van der Waals surface area contributed by atoms with Gasteiger partial charge in [0.05, 0.1) is 10.7 Å². The first-order valence-electron chi connectivity index (χ1n) is 6.16. The van der Waals surface area contributed by atoms with Crippen LogP contribution in [0.3, 0.4) is 0 Å². The Morgan fingerprint density at radius 3 is 2.63 bits per heavy atom. The molecule has 2 aromatic rings. The van der Waals surface area contributed by atoms with Crippen LogP contribution < -0.4 is 5.73 Å². The van der Waals surface area contributed by atoms with Crippen LogP contribution in [0.4, 0.5) is 0 Å². The molecule has 0 radical (unpaired) electrons. The first-order chi connectivity index (χ1) is 9.06. The second-order valence-electron chi connectivity index (χ2n) is 4.14. The molecule has 100 valence electrons. The Kier molecular flexibility index (Phi) is 3.85. The van der Waals surface area contributed by atoms with Crippen molar-refractivity contribution in [1.82, 2.24) is 14.8 Å². The number of aryl methyl sites for hydroxylation is 2. The Balaban J connectivity index is 2.52. The van der Waals surface area contributed by atoms with Crippen molar-refractivity contribution in [3.63, 3.8) is 0 Å².